The number of thiazole rings is 1. The van der Waals surface area contributed by atoms with Crippen molar-refractivity contribution in [1.29, 1.82) is 0 Å². The number of aromatic nitrogens is 1. The van der Waals surface area contributed by atoms with Crippen molar-refractivity contribution >= 4 is 33.0 Å². The average Bonchev–Trinajstić information content (AvgIpc) is 3.14. The normalized spacial score (nSPS) is 12.5. The molecule has 3 aromatic rings. The van der Waals surface area contributed by atoms with Gasteiger partial charge in [0.2, 0.25) is 15.9 Å². The molecular formula is C22H22F3N3O3S2. The number of para-hydroxylation sites is 1. The number of amides is 1. The number of nitrogens with one attached hydrogen (secondary N) is 2. The van der Waals surface area contributed by atoms with Gasteiger partial charge in [-0.2, -0.15) is 13.2 Å². The van der Waals surface area contributed by atoms with Crippen molar-refractivity contribution in [3.05, 3.63) is 65.2 Å². The number of hydrogen-bond acceptors (Lipinski definition) is 5. The fourth-order valence-electron chi connectivity index (χ4n) is 2.94. The summed E-state index contributed by atoms with van der Waals surface area (Å²) in [6.45, 7) is 5.13. The van der Waals surface area contributed by atoms with Gasteiger partial charge in [-0.05, 0) is 45.0 Å². The third-order valence-electron chi connectivity index (χ3n) is 4.24. The molecule has 1 amide bonds. The van der Waals surface area contributed by atoms with E-state index in [0.29, 0.717) is 16.3 Å². The van der Waals surface area contributed by atoms with Crippen LogP contribution in [0.3, 0.4) is 0 Å². The Morgan fingerprint density at radius 1 is 1.03 bits per heavy atom. The molecular weight excluding hydrogens is 475 g/mol. The molecule has 0 atom stereocenters. The number of rotatable bonds is 6. The Morgan fingerprint density at radius 2 is 1.67 bits per heavy atom. The molecule has 33 heavy (non-hydrogen) atoms. The molecule has 11 heteroatoms. The van der Waals surface area contributed by atoms with E-state index >= 15 is 0 Å². The highest BCUT2D eigenvalue weighted by atomic mass is 32.2. The van der Waals surface area contributed by atoms with E-state index in [9.17, 15) is 26.4 Å². The molecule has 2 N–H and O–H groups in total. The number of alkyl halides is 3. The molecule has 0 spiro atoms. The summed E-state index contributed by atoms with van der Waals surface area (Å²) in [5, 5.41) is 4.72. The summed E-state index contributed by atoms with van der Waals surface area (Å²) in [5.74, 6) is -0.474. The van der Waals surface area contributed by atoms with E-state index in [1.807, 2.05) is 0 Å². The van der Waals surface area contributed by atoms with Gasteiger partial charge in [0, 0.05) is 16.5 Å². The Labute approximate surface area is 193 Å². The van der Waals surface area contributed by atoms with E-state index in [4.69, 9.17) is 0 Å². The van der Waals surface area contributed by atoms with E-state index < -0.39 is 33.2 Å². The fourth-order valence-corrected chi connectivity index (χ4v) is 5.35. The van der Waals surface area contributed by atoms with E-state index in [2.05, 4.69) is 15.0 Å². The summed E-state index contributed by atoms with van der Waals surface area (Å²) in [6.07, 6.45) is -4.55. The third-order valence-corrected chi connectivity index (χ3v) is 7.00. The molecule has 176 valence electrons. The predicted octanol–water partition coefficient (Wildman–Crippen LogP) is 5.09. The fraction of sp³-hybridized carbons (Fsp3) is 0.273. The predicted molar refractivity (Wildman–Crippen MR) is 121 cm³/mol. The van der Waals surface area contributed by atoms with Crippen LogP contribution in [0.5, 0.6) is 0 Å². The van der Waals surface area contributed by atoms with Gasteiger partial charge < -0.3 is 5.32 Å². The first-order chi connectivity index (χ1) is 15.2. The minimum absolute atomic E-state index is 0.0583. The number of carbonyl (C=O) groups is 1. The van der Waals surface area contributed by atoms with Gasteiger partial charge >= 0.3 is 6.18 Å². The van der Waals surface area contributed by atoms with Crippen LogP contribution in [0.25, 0.3) is 10.6 Å². The highest BCUT2D eigenvalue weighted by Crippen LogP contribution is 2.32. The van der Waals surface area contributed by atoms with Gasteiger partial charge in [-0.3, -0.25) is 4.79 Å². The first-order valence-electron chi connectivity index (χ1n) is 9.79. The van der Waals surface area contributed by atoms with Gasteiger partial charge in [0.15, 0.2) is 0 Å². The maximum absolute atomic E-state index is 12.7. The first kappa shape index (κ1) is 24.9. The van der Waals surface area contributed by atoms with E-state index in [0.717, 1.165) is 12.1 Å². The smallest absolute Gasteiger partial charge is 0.325 e. The van der Waals surface area contributed by atoms with Crippen LogP contribution in [-0.4, -0.2) is 24.8 Å². The second kappa shape index (κ2) is 9.24. The lowest BCUT2D eigenvalue weighted by atomic mass is 10.1. The maximum Gasteiger partial charge on any atom is 0.416 e. The minimum atomic E-state index is -4.42. The minimum Gasteiger partial charge on any atom is -0.325 e. The molecule has 0 fully saturated rings. The molecule has 0 bridgehead atoms. The van der Waals surface area contributed by atoms with Crippen LogP contribution < -0.4 is 10.0 Å². The topological polar surface area (TPSA) is 88.2 Å². The molecule has 0 aliphatic rings. The molecule has 0 saturated heterocycles. The largest absolute Gasteiger partial charge is 0.416 e. The molecule has 0 radical (unpaired) electrons. The van der Waals surface area contributed by atoms with Gasteiger partial charge in [-0.25, -0.2) is 18.1 Å². The van der Waals surface area contributed by atoms with Crippen LogP contribution >= 0.6 is 11.3 Å². The summed E-state index contributed by atoms with van der Waals surface area (Å²) < 4.78 is 66.2. The Bertz CT molecular complexity index is 1250. The van der Waals surface area contributed by atoms with E-state index in [1.165, 1.54) is 35.6 Å². The Hall–Kier alpha value is -2.76. The summed E-state index contributed by atoms with van der Waals surface area (Å²) in [7, 11) is -3.87. The number of anilines is 1. The van der Waals surface area contributed by atoms with Crippen molar-refractivity contribution in [1.82, 2.24) is 9.71 Å². The highest BCUT2D eigenvalue weighted by molar-refractivity contribution is 7.89. The van der Waals surface area contributed by atoms with Gasteiger partial charge in [0.25, 0.3) is 0 Å². The molecule has 3 rings (SSSR count). The first-order valence-corrected chi connectivity index (χ1v) is 12.2. The summed E-state index contributed by atoms with van der Waals surface area (Å²) >= 11 is 1.20. The number of carbonyl (C=O) groups excluding carboxylic acids is 1. The van der Waals surface area contributed by atoms with Crippen molar-refractivity contribution in [3.8, 4) is 10.6 Å². The van der Waals surface area contributed by atoms with Crippen LogP contribution in [0.1, 0.15) is 32.0 Å². The van der Waals surface area contributed by atoms with Crippen molar-refractivity contribution < 1.29 is 26.4 Å². The van der Waals surface area contributed by atoms with Crippen LogP contribution in [0, 0.1) is 0 Å². The average molecular weight is 498 g/mol. The Kier molecular flexibility index (Phi) is 6.96. The SMILES string of the molecule is CC(C)(C)NS(=O)(=O)c1ccccc1NC(=O)Cc1csc(-c2ccc(C(F)(F)F)cc2)n1. The van der Waals surface area contributed by atoms with Crippen molar-refractivity contribution in [2.45, 2.75) is 43.8 Å². The summed E-state index contributed by atoms with van der Waals surface area (Å²) in [6, 6.07) is 10.7. The van der Waals surface area contributed by atoms with Crippen molar-refractivity contribution in [3.63, 3.8) is 0 Å². The molecule has 1 heterocycles. The third kappa shape index (κ3) is 6.62. The van der Waals surface area contributed by atoms with Crippen molar-refractivity contribution in [2.24, 2.45) is 0 Å². The second-order valence-corrected chi connectivity index (χ2v) is 10.8. The molecule has 1 aromatic heterocycles. The molecule has 0 aliphatic carbocycles. The Balaban J connectivity index is 1.73. The molecule has 0 saturated carbocycles. The molecule has 0 aliphatic heterocycles. The zero-order valence-corrected chi connectivity index (χ0v) is 19.7. The van der Waals surface area contributed by atoms with Crippen LogP contribution in [0.2, 0.25) is 0 Å². The van der Waals surface area contributed by atoms with Gasteiger partial charge in [-0.15, -0.1) is 11.3 Å². The van der Waals surface area contributed by atoms with Crippen LogP contribution in [-0.2, 0) is 27.4 Å². The number of halogens is 3. The maximum atomic E-state index is 12.7. The lowest BCUT2D eigenvalue weighted by Gasteiger charge is -2.21. The zero-order chi connectivity index (χ0) is 24.4. The lowest BCUT2D eigenvalue weighted by molar-refractivity contribution is -0.137. The number of hydrogen-bond donors (Lipinski definition) is 2. The highest BCUT2D eigenvalue weighted by Gasteiger charge is 2.30. The van der Waals surface area contributed by atoms with Crippen molar-refractivity contribution in [2.75, 3.05) is 5.32 Å². The van der Waals surface area contributed by atoms with Gasteiger partial charge in [-0.1, -0.05) is 24.3 Å². The monoisotopic (exact) mass is 497 g/mol. The lowest BCUT2D eigenvalue weighted by Crippen LogP contribution is -2.40. The van der Waals surface area contributed by atoms with Gasteiger partial charge in [0.05, 0.1) is 23.4 Å². The second-order valence-electron chi connectivity index (χ2n) is 8.30. The molecule has 0 unspecified atom stereocenters. The zero-order valence-electron chi connectivity index (χ0n) is 18.0. The van der Waals surface area contributed by atoms with E-state index in [1.54, 1.807) is 38.3 Å². The Morgan fingerprint density at radius 3 is 2.27 bits per heavy atom. The van der Waals surface area contributed by atoms with Crippen LogP contribution in [0.15, 0.2) is 58.8 Å². The van der Waals surface area contributed by atoms with Gasteiger partial charge in [0.1, 0.15) is 9.90 Å². The number of sulfonamides is 1. The van der Waals surface area contributed by atoms with Crippen LogP contribution in [0.4, 0.5) is 18.9 Å². The van der Waals surface area contributed by atoms with E-state index in [-0.39, 0.29) is 17.0 Å². The number of benzene rings is 2. The molecule has 6 nitrogen and oxygen atoms in total. The molecule has 2 aromatic carbocycles. The standard InChI is InChI=1S/C22H22F3N3O3S2/c1-21(2,3)28-33(30,31)18-7-5-4-6-17(18)27-19(29)12-16-13-32-20(26-16)14-8-10-15(11-9-14)22(23,24)25/h4-11,13,28H,12H2,1-3H3,(H,27,29). The summed E-state index contributed by atoms with van der Waals surface area (Å²) in [5.41, 5.74) is -0.398. The number of nitrogens with zero attached hydrogens (tertiary/aromatic N) is 1. The quantitative estimate of drug-likeness (QED) is 0.497. The summed E-state index contributed by atoms with van der Waals surface area (Å²) in [4.78, 5) is 16.8.